The molecule has 1 aromatic heterocycles. The number of pyridine rings is 1. The number of ether oxygens (including phenoxy) is 1. The molecule has 1 aromatic carbocycles. The van der Waals surface area contributed by atoms with Crippen molar-refractivity contribution in [3.8, 4) is 0 Å². The Kier molecular flexibility index (Phi) is 5.96. The zero-order valence-corrected chi connectivity index (χ0v) is 11.4. The number of rotatable bonds is 7. The van der Waals surface area contributed by atoms with Crippen molar-refractivity contribution >= 4 is 6.08 Å². The minimum absolute atomic E-state index is 0.0670. The quantitative estimate of drug-likeness (QED) is 0.786. The Labute approximate surface area is 119 Å². The first kappa shape index (κ1) is 14.4. The number of aliphatic hydroxyl groups is 1. The number of hydrogen-bond acceptors (Lipinski definition) is 3. The SMILES string of the molecule is OCCOC/C=C/c1ccc(Cc2ccncc2)cc1. The van der Waals surface area contributed by atoms with Crippen LogP contribution in [0.2, 0.25) is 0 Å². The highest BCUT2D eigenvalue weighted by atomic mass is 16.5. The highest BCUT2D eigenvalue weighted by Crippen LogP contribution is 2.11. The molecular weight excluding hydrogens is 250 g/mol. The Balaban J connectivity index is 1.86. The molecule has 0 unspecified atom stereocenters. The van der Waals surface area contributed by atoms with Crippen LogP contribution < -0.4 is 0 Å². The maximum atomic E-state index is 8.58. The fourth-order valence-electron chi connectivity index (χ4n) is 1.88. The molecule has 104 valence electrons. The molecule has 0 aliphatic rings. The van der Waals surface area contributed by atoms with Gasteiger partial charge in [-0.1, -0.05) is 36.4 Å². The van der Waals surface area contributed by atoms with Crippen LogP contribution in [-0.4, -0.2) is 29.9 Å². The van der Waals surface area contributed by atoms with Crippen LogP contribution in [0.5, 0.6) is 0 Å². The Hall–Kier alpha value is -1.97. The van der Waals surface area contributed by atoms with E-state index in [1.165, 1.54) is 11.1 Å². The van der Waals surface area contributed by atoms with Gasteiger partial charge in [-0.15, -0.1) is 0 Å². The molecule has 0 aliphatic heterocycles. The van der Waals surface area contributed by atoms with Gasteiger partial charge in [0.15, 0.2) is 0 Å². The molecule has 0 fully saturated rings. The summed E-state index contributed by atoms with van der Waals surface area (Å²) in [6.07, 6.45) is 8.53. The van der Waals surface area contributed by atoms with Gasteiger partial charge >= 0.3 is 0 Å². The summed E-state index contributed by atoms with van der Waals surface area (Å²) in [5, 5.41) is 8.58. The van der Waals surface area contributed by atoms with Crippen LogP contribution in [0.4, 0.5) is 0 Å². The summed E-state index contributed by atoms with van der Waals surface area (Å²) in [5.74, 6) is 0. The normalized spacial score (nSPS) is 11.1. The molecule has 2 aromatic rings. The van der Waals surface area contributed by atoms with Gasteiger partial charge in [-0.3, -0.25) is 4.98 Å². The Morgan fingerprint density at radius 3 is 2.40 bits per heavy atom. The van der Waals surface area contributed by atoms with Gasteiger partial charge in [0.25, 0.3) is 0 Å². The summed E-state index contributed by atoms with van der Waals surface area (Å²) in [5.41, 5.74) is 3.70. The average molecular weight is 269 g/mol. The number of hydrogen-bond donors (Lipinski definition) is 1. The van der Waals surface area contributed by atoms with Crippen molar-refractivity contribution in [2.45, 2.75) is 6.42 Å². The van der Waals surface area contributed by atoms with Crippen LogP contribution in [0.15, 0.2) is 54.9 Å². The van der Waals surface area contributed by atoms with Crippen molar-refractivity contribution in [3.63, 3.8) is 0 Å². The number of nitrogens with zero attached hydrogens (tertiary/aromatic N) is 1. The second-order valence-electron chi connectivity index (χ2n) is 4.47. The molecule has 2 rings (SSSR count). The van der Waals surface area contributed by atoms with Crippen molar-refractivity contribution in [3.05, 3.63) is 71.6 Å². The van der Waals surface area contributed by atoms with Gasteiger partial charge in [-0.25, -0.2) is 0 Å². The van der Waals surface area contributed by atoms with E-state index in [0.717, 1.165) is 12.0 Å². The predicted molar refractivity (Wildman–Crippen MR) is 80.4 cm³/mol. The molecule has 0 atom stereocenters. The molecule has 0 saturated carbocycles. The van der Waals surface area contributed by atoms with E-state index in [9.17, 15) is 0 Å². The van der Waals surface area contributed by atoms with Crippen molar-refractivity contribution in [2.24, 2.45) is 0 Å². The monoisotopic (exact) mass is 269 g/mol. The molecule has 0 amide bonds. The Morgan fingerprint density at radius 1 is 1.00 bits per heavy atom. The Bertz CT molecular complexity index is 520. The zero-order valence-electron chi connectivity index (χ0n) is 11.4. The lowest BCUT2D eigenvalue weighted by molar-refractivity contribution is 0.112. The standard InChI is InChI=1S/C17H19NO2/c19-11-13-20-12-1-2-15-3-5-16(6-4-15)14-17-7-9-18-10-8-17/h1-10,19H,11-14H2/b2-1+. The van der Waals surface area contributed by atoms with Crippen LogP contribution in [0.3, 0.4) is 0 Å². The van der Waals surface area contributed by atoms with Gasteiger partial charge in [0.05, 0.1) is 19.8 Å². The summed E-state index contributed by atoms with van der Waals surface area (Å²) in [7, 11) is 0. The molecular formula is C17H19NO2. The molecule has 0 spiro atoms. The van der Waals surface area contributed by atoms with E-state index in [2.05, 4.69) is 29.2 Å². The zero-order chi connectivity index (χ0) is 14.0. The highest BCUT2D eigenvalue weighted by Gasteiger charge is 1.95. The first-order valence-electron chi connectivity index (χ1n) is 6.71. The van der Waals surface area contributed by atoms with Gasteiger partial charge in [0.1, 0.15) is 0 Å². The molecule has 3 heteroatoms. The van der Waals surface area contributed by atoms with E-state index in [-0.39, 0.29) is 6.61 Å². The molecule has 0 aliphatic carbocycles. The second-order valence-corrected chi connectivity index (χ2v) is 4.47. The first-order chi connectivity index (χ1) is 9.88. The largest absolute Gasteiger partial charge is 0.394 e. The minimum Gasteiger partial charge on any atom is -0.394 e. The molecule has 0 radical (unpaired) electrons. The lowest BCUT2D eigenvalue weighted by atomic mass is 10.0. The van der Waals surface area contributed by atoms with Crippen LogP contribution in [-0.2, 0) is 11.2 Å². The first-order valence-corrected chi connectivity index (χ1v) is 6.71. The van der Waals surface area contributed by atoms with E-state index in [4.69, 9.17) is 9.84 Å². The van der Waals surface area contributed by atoms with Crippen LogP contribution in [0.1, 0.15) is 16.7 Å². The number of aromatic nitrogens is 1. The predicted octanol–water partition coefficient (Wildman–Crippen LogP) is 2.69. The van der Waals surface area contributed by atoms with E-state index >= 15 is 0 Å². The maximum Gasteiger partial charge on any atom is 0.0701 e. The molecule has 1 heterocycles. The van der Waals surface area contributed by atoms with Gasteiger partial charge < -0.3 is 9.84 Å². The summed E-state index contributed by atoms with van der Waals surface area (Å²) >= 11 is 0. The van der Waals surface area contributed by atoms with Gasteiger partial charge in [0, 0.05) is 12.4 Å². The molecule has 1 N–H and O–H groups in total. The minimum atomic E-state index is 0.0670. The van der Waals surface area contributed by atoms with E-state index in [1.54, 1.807) is 0 Å². The maximum absolute atomic E-state index is 8.58. The number of benzene rings is 1. The Morgan fingerprint density at radius 2 is 1.70 bits per heavy atom. The lowest BCUT2D eigenvalue weighted by Crippen LogP contribution is -1.98. The van der Waals surface area contributed by atoms with Crippen molar-refractivity contribution in [1.29, 1.82) is 0 Å². The third-order valence-electron chi connectivity index (χ3n) is 2.90. The van der Waals surface area contributed by atoms with Gasteiger partial charge in [-0.2, -0.15) is 0 Å². The van der Waals surface area contributed by atoms with Crippen molar-refractivity contribution < 1.29 is 9.84 Å². The fraction of sp³-hybridized carbons (Fsp3) is 0.235. The highest BCUT2D eigenvalue weighted by molar-refractivity contribution is 5.50. The molecule has 0 saturated heterocycles. The van der Waals surface area contributed by atoms with Crippen LogP contribution >= 0.6 is 0 Å². The second kappa shape index (κ2) is 8.25. The third-order valence-corrected chi connectivity index (χ3v) is 2.90. The smallest absolute Gasteiger partial charge is 0.0701 e. The fourth-order valence-corrected chi connectivity index (χ4v) is 1.88. The van der Waals surface area contributed by atoms with Crippen molar-refractivity contribution in [2.75, 3.05) is 19.8 Å². The van der Waals surface area contributed by atoms with Crippen LogP contribution in [0.25, 0.3) is 6.08 Å². The molecule has 20 heavy (non-hydrogen) atoms. The lowest BCUT2D eigenvalue weighted by Gasteiger charge is -2.02. The van der Waals surface area contributed by atoms with E-state index in [0.29, 0.717) is 13.2 Å². The third kappa shape index (κ3) is 4.96. The summed E-state index contributed by atoms with van der Waals surface area (Å²) in [4.78, 5) is 4.02. The topological polar surface area (TPSA) is 42.4 Å². The molecule has 3 nitrogen and oxygen atoms in total. The van der Waals surface area contributed by atoms with Gasteiger partial charge in [-0.05, 0) is 35.2 Å². The summed E-state index contributed by atoms with van der Waals surface area (Å²) in [6.45, 7) is 0.978. The number of aliphatic hydroxyl groups excluding tert-OH is 1. The summed E-state index contributed by atoms with van der Waals surface area (Å²) in [6, 6.07) is 12.5. The van der Waals surface area contributed by atoms with E-state index < -0.39 is 0 Å². The van der Waals surface area contributed by atoms with Crippen LogP contribution in [0, 0.1) is 0 Å². The molecule has 0 bridgehead atoms. The van der Waals surface area contributed by atoms with E-state index in [1.807, 2.05) is 36.7 Å². The summed E-state index contributed by atoms with van der Waals surface area (Å²) < 4.78 is 5.16. The average Bonchev–Trinajstić information content (AvgIpc) is 2.50. The van der Waals surface area contributed by atoms with Crippen molar-refractivity contribution in [1.82, 2.24) is 4.98 Å². The van der Waals surface area contributed by atoms with Gasteiger partial charge in [0.2, 0.25) is 0 Å².